The molecule has 25 heavy (non-hydrogen) atoms. The molecule has 1 amide bonds. The molecule has 138 valence electrons. The van der Waals surface area contributed by atoms with Crippen LogP contribution in [0, 0.1) is 0 Å². The molecule has 1 aromatic carbocycles. The molecule has 0 N–H and O–H groups in total. The molecule has 1 unspecified atom stereocenters. The van der Waals surface area contributed by atoms with Crippen molar-refractivity contribution in [2.45, 2.75) is 64.7 Å². The quantitative estimate of drug-likeness (QED) is 0.752. The normalized spacial score (nSPS) is 21.0. The molecule has 2 rings (SSSR count). The maximum Gasteiger partial charge on any atom is 0.413 e. The molecule has 0 saturated carbocycles. The summed E-state index contributed by atoms with van der Waals surface area (Å²) in [5.41, 5.74) is -0.268. The van der Waals surface area contributed by atoms with Crippen molar-refractivity contribution in [2.24, 2.45) is 0 Å². The van der Waals surface area contributed by atoms with E-state index < -0.39 is 17.4 Å². The van der Waals surface area contributed by atoms with Crippen molar-refractivity contribution in [3.63, 3.8) is 0 Å². The molecule has 1 heterocycles. The van der Waals surface area contributed by atoms with Crippen LogP contribution in [-0.4, -0.2) is 41.1 Å². The van der Waals surface area contributed by atoms with E-state index in [1.165, 1.54) is 0 Å². The minimum Gasteiger partial charge on any atom is -0.444 e. The van der Waals surface area contributed by atoms with E-state index in [0.29, 0.717) is 13.2 Å². The van der Waals surface area contributed by atoms with E-state index in [1.807, 2.05) is 65.0 Å². The van der Waals surface area contributed by atoms with Gasteiger partial charge < -0.3 is 14.2 Å². The van der Waals surface area contributed by atoms with Gasteiger partial charge in [-0.1, -0.05) is 36.4 Å². The first-order chi connectivity index (χ1) is 11.6. The fraction of sp³-hybridized carbons (Fsp3) is 0.550. The maximum absolute atomic E-state index is 12.7. The number of hydrogen-bond acceptors (Lipinski definition) is 4. The van der Waals surface area contributed by atoms with Crippen LogP contribution in [0.4, 0.5) is 4.79 Å². The van der Waals surface area contributed by atoms with Gasteiger partial charge in [0.25, 0.3) is 0 Å². The number of hydrogen-bond donors (Lipinski definition) is 0. The number of nitrogens with zero attached hydrogens (tertiary/aromatic N) is 1. The largest absolute Gasteiger partial charge is 0.444 e. The van der Waals surface area contributed by atoms with Crippen molar-refractivity contribution in [3.8, 4) is 0 Å². The number of benzene rings is 1. The van der Waals surface area contributed by atoms with Crippen molar-refractivity contribution in [2.75, 3.05) is 6.61 Å². The third kappa shape index (κ3) is 5.06. The van der Waals surface area contributed by atoms with Crippen LogP contribution in [0.2, 0.25) is 0 Å². The van der Waals surface area contributed by atoms with Gasteiger partial charge in [0.05, 0.1) is 25.4 Å². The lowest BCUT2D eigenvalue weighted by Crippen LogP contribution is -2.53. The smallest absolute Gasteiger partial charge is 0.413 e. The Kier molecular flexibility index (Phi) is 5.91. The number of amides is 1. The van der Waals surface area contributed by atoms with Crippen molar-refractivity contribution in [3.05, 3.63) is 48.6 Å². The first-order valence-corrected chi connectivity index (χ1v) is 8.58. The molecule has 0 radical (unpaired) electrons. The van der Waals surface area contributed by atoms with Gasteiger partial charge in [-0.15, -0.1) is 6.58 Å². The summed E-state index contributed by atoms with van der Waals surface area (Å²) in [6.45, 7) is 13.9. The zero-order valence-corrected chi connectivity index (χ0v) is 15.8. The van der Waals surface area contributed by atoms with Gasteiger partial charge in [-0.2, -0.15) is 0 Å². The Hall–Kier alpha value is -1.85. The Morgan fingerprint density at radius 3 is 2.60 bits per heavy atom. The summed E-state index contributed by atoms with van der Waals surface area (Å²) >= 11 is 0. The lowest BCUT2D eigenvalue weighted by atomic mass is 10.1. The van der Waals surface area contributed by atoms with Gasteiger partial charge in [0.1, 0.15) is 11.3 Å². The Labute approximate surface area is 150 Å². The summed E-state index contributed by atoms with van der Waals surface area (Å²) in [6, 6.07) is 9.62. The summed E-state index contributed by atoms with van der Waals surface area (Å²) in [6.07, 6.45) is 0.958. The summed E-state index contributed by atoms with van der Waals surface area (Å²) in [5.74, 6) is 0. The fourth-order valence-electron chi connectivity index (χ4n) is 2.84. The second-order valence-corrected chi connectivity index (χ2v) is 7.67. The molecule has 1 aliphatic heterocycles. The topological polar surface area (TPSA) is 48.0 Å². The molecule has 0 bridgehead atoms. The Morgan fingerprint density at radius 1 is 1.40 bits per heavy atom. The van der Waals surface area contributed by atoms with Gasteiger partial charge in [0.2, 0.25) is 0 Å². The first-order valence-electron chi connectivity index (χ1n) is 8.58. The van der Waals surface area contributed by atoms with E-state index in [9.17, 15) is 4.79 Å². The van der Waals surface area contributed by atoms with Gasteiger partial charge in [0.15, 0.2) is 0 Å². The highest BCUT2D eigenvalue weighted by atomic mass is 16.6. The molecule has 0 aromatic heterocycles. The minimum atomic E-state index is -0.760. The van der Waals surface area contributed by atoms with Gasteiger partial charge in [-0.05, 0) is 40.2 Å². The molecule has 5 heteroatoms. The van der Waals surface area contributed by atoms with Gasteiger partial charge in [-0.3, -0.25) is 4.90 Å². The Morgan fingerprint density at radius 2 is 2.04 bits per heavy atom. The molecular formula is C20H29NO4. The fourth-order valence-corrected chi connectivity index (χ4v) is 2.84. The Bertz CT molecular complexity index is 591. The van der Waals surface area contributed by atoms with Crippen LogP contribution in [0.3, 0.4) is 0 Å². The van der Waals surface area contributed by atoms with Crippen LogP contribution in [-0.2, 0) is 20.8 Å². The third-order valence-corrected chi connectivity index (χ3v) is 4.01. The van der Waals surface area contributed by atoms with Crippen LogP contribution in [0.1, 0.15) is 40.2 Å². The van der Waals surface area contributed by atoms with Crippen molar-refractivity contribution < 1.29 is 19.0 Å². The molecule has 1 aromatic rings. The van der Waals surface area contributed by atoms with Crippen molar-refractivity contribution >= 4 is 6.09 Å². The summed E-state index contributed by atoms with van der Waals surface area (Å²) < 4.78 is 17.4. The average Bonchev–Trinajstić information content (AvgIpc) is 2.83. The zero-order valence-electron chi connectivity index (χ0n) is 15.8. The van der Waals surface area contributed by atoms with E-state index in [-0.39, 0.29) is 12.1 Å². The predicted molar refractivity (Wildman–Crippen MR) is 97.1 cm³/mol. The molecule has 1 saturated heterocycles. The number of carbonyl (C=O) groups is 1. The van der Waals surface area contributed by atoms with E-state index in [1.54, 1.807) is 11.0 Å². The minimum absolute atomic E-state index is 0.286. The monoisotopic (exact) mass is 347 g/mol. The molecular weight excluding hydrogens is 318 g/mol. The summed E-state index contributed by atoms with van der Waals surface area (Å²) in [5, 5.41) is 0. The molecule has 1 fully saturated rings. The van der Waals surface area contributed by atoms with Crippen molar-refractivity contribution in [1.82, 2.24) is 4.90 Å². The highest BCUT2D eigenvalue weighted by Crippen LogP contribution is 2.32. The average molecular weight is 347 g/mol. The van der Waals surface area contributed by atoms with Crippen LogP contribution in [0.5, 0.6) is 0 Å². The molecule has 1 aliphatic rings. The standard InChI is InChI=1S/C20H29NO4/c1-7-17(23-13-15-11-9-8-10-12-15)16-14-24-20(5,6)21(16)18(22)25-19(2,3)4/h7-12,16-17H,1,13-14H2,2-6H3/t16?,17-/m1/s1. The summed E-state index contributed by atoms with van der Waals surface area (Å²) in [7, 11) is 0. The highest BCUT2D eigenvalue weighted by molar-refractivity contribution is 5.70. The van der Waals surface area contributed by atoms with Gasteiger partial charge in [-0.25, -0.2) is 4.79 Å². The third-order valence-electron chi connectivity index (χ3n) is 4.01. The van der Waals surface area contributed by atoms with E-state index in [4.69, 9.17) is 14.2 Å². The number of carbonyl (C=O) groups excluding carboxylic acids is 1. The van der Waals surface area contributed by atoms with E-state index in [0.717, 1.165) is 5.56 Å². The van der Waals surface area contributed by atoms with Crippen molar-refractivity contribution in [1.29, 1.82) is 0 Å². The van der Waals surface area contributed by atoms with E-state index in [2.05, 4.69) is 6.58 Å². The second-order valence-electron chi connectivity index (χ2n) is 7.67. The van der Waals surface area contributed by atoms with Gasteiger partial charge in [0, 0.05) is 0 Å². The number of rotatable bonds is 5. The van der Waals surface area contributed by atoms with Crippen LogP contribution < -0.4 is 0 Å². The first kappa shape index (κ1) is 19.5. The van der Waals surface area contributed by atoms with Crippen LogP contribution in [0.15, 0.2) is 43.0 Å². The van der Waals surface area contributed by atoms with Crippen LogP contribution >= 0.6 is 0 Å². The second kappa shape index (κ2) is 7.58. The molecule has 5 nitrogen and oxygen atoms in total. The molecule has 0 aliphatic carbocycles. The predicted octanol–water partition coefficient (Wildman–Crippen LogP) is 4.13. The maximum atomic E-state index is 12.7. The van der Waals surface area contributed by atoms with E-state index >= 15 is 0 Å². The Balaban J connectivity index is 2.12. The highest BCUT2D eigenvalue weighted by Gasteiger charge is 2.48. The van der Waals surface area contributed by atoms with Crippen LogP contribution in [0.25, 0.3) is 0 Å². The lowest BCUT2D eigenvalue weighted by Gasteiger charge is -2.36. The van der Waals surface area contributed by atoms with Gasteiger partial charge >= 0.3 is 6.09 Å². The SMILES string of the molecule is C=C[C@@H](OCc1ccccc1)C1COC(C)(C)N1C(=O)OC(C)(C)C. The molecule has 0 spiro atoms. The zero-order chi connectivity index (χ0) is 18.7. The molecule has 2 atom stereocenters. The summed E-state index contributed by atoms with van der Waals surface area (Å²) in [4.78, 5) is 14.3. The number of ether oxygens (including phenoxy) is 3. The lowest BCUT2D eigenvalue weighted by molar-refractivity contribution is -0.0698.